The van der Waals surface area contributed by atoms with Gasteiger partial charge in [-0.3, -0.25) is 0 Å². The molecule has 1 aromatic carbocycles. The van der Waals surface area contributed by atoms with E-state index in [0.717, 1.165) is 17.4 Å². The first-order valence-corrected chi connectivity index (χ1v) is 10.8. The summed E-state index contributed by atoms with van der Waals surface area (Å²) in [7, 11) is -5.79. The van der Waals surface area contributed by atoms with E-state index in [-0.39, 0.29) is 29.8 Å². The number of methoxy groups -OCH3 is 1. The number of hydrogen-bond acceptors (Lipinski definition) is 5. The van der Waals surface area contributed by atoms with Crippen LogP contribution in [0.4, 0.5) is 0 Å². The summed E-state index contributed by atoms with van der Waals surface area (Å²) in [4.78, 5) is 0.0450. The second-order valence-electron chi connectivity index (χ2n) is 5.95. The Labute approximate surface area is 145 Å². The molecule has 0 aliphatic carbocycles. The molecule has 0 saturated carbocycles. The van der Waals surface area contributed by atoms with Crippen molar-refractivity contribution in [1.29, 1.82) is 0 Å². The summed E-state index contributed by atoms with van der Waals surface area (Å²) in [6.45, 7) is 7.20. The Morgan fingerprint density at radius 2 is 1.67 bits per heavy atom. The van der Waals surface area contributed by atoms with Gasteiger partial charge in [-0.15, -0.1) is 0 Å². The smallest absolute Gasteiger partial charge is 0.244 e. The molecular weight excluding hydrogens is 352 g/mol. The molecule has 138 valence electrons. The van der Waals surface area contributed by atoms with Crippen LogP contribution in [0.1, 0.15) is 25.0 Å². The molecule has 0 amide bonds. The van der Waals surface area contributed by atoms with Crippen molar-refractivity contribution in [3.63, 3.8) is 0 Å². The van der Waals surface area contributed by atoms with Gasteiger partial charge in [0.05, 0.1) is 13.4 Å². The molecule has 0 aliphatic heterocycles. The molecule has 0 heterocycles. The summed E-state index contributed by atoms with van der Waals surface area (Å²) >= 11 is 0. The molecule has 1 N–H and O–H groups in total. The van der Waals surface area contributed by atoms with Gasteiger partial charge >= 0.3 is 0 Å². The highest BCUT2D eigenvalue weighted by molar-refractivity contribution is 7.89. The van der Waals surface area contributed by atoms with Gasteiger partial charge in [0.15, 0.2) is 0 Å². The molecule has 9 heteroatoms. The number of nitrogens with zero attached hydrogens (tertiary/aromatic N) is 1. The van der Waals surface area contributed by atoms with Gasteiger partial charge in [0.2, 0.25) is 20.0 Å². The predicted molar refractivity (Wildman–Crippen MR) is 94.3 cm³/mol. The van der Waals surface area contributed by atoms with Crippen LogP contribution in [0.2, 0.25) is 0 Å². The van der Waals surface area contributed by atoms with Crippen LogP contribution in [0.5, 0.6) is 5.75 Å². The maximum atomic E-state index is 12.5. The molecule has 0 saturated heterocycles. The van der Waals surface area contributed by atoms with E-state index in [2.05, 4.69) is 4.72 Å². The third-order valence-corrected chi connectivity index (χ3v) is 6.63. The van der Waals surface area contributed by atoms with Crippen LogP contribution in [0, 0.1) is 13.8 Å². The highest BCUT2D eigenvalue weighted by atomic mass is 32.2. The van der Waals surface area contributed by atoms with E-state index in [4.69, 9.17) is 4.74 Å². The first-order valence-electron chi connectivity index (χ1n) is 7.52. The van der Waals surface area contributed by atoms with Crippen molar-refractivity contribution in [1.82, 2.24) is 9.03 Å². The number of benzene rings is 1. The van der Waals surface area contributed by atoms with Gasteiger partial charge in [-0.2, -0.15) is 4.31 Å². The second kappa shape index (κ2) is 7.81. The zero-order valence-electron chi connectivity index (χ0n) is 15.0. The molecule has 0 bridgehead atoms. The minimum atomic E-state index is -3.81. The van der Waals surface area contributed by atoms with Crippen molar-refractivity contribution in [3.8, 4) is 5.75 Å². The Kier molecular flexibility index (Phi) is 6.80. The van der Waals surface area contributed by atoms with Crippen molar-refractivity contribution in [2.24, 2.45) is 0 Å². The highest BCUT2D eigenvalue weighted by Gasteiger charge is 2.23. The molecule has 0 atom stereocenters. The Hall–Kier alpha value is -1.16. The fourth-order valence-electron chi connectivity index (χ4n) is 2.31. The van der Waals surface area contributed by atoms with E-state index in [1.807, 2.05) is 13.8 Å². The summed E-state index contributed by atoms with van der Waals surface area (Å²) in [5.41, 5.74) is 1.75. The van der Waals surface area contributed by atoms with E-state index in [0.29, 0.717) is 0 Å². The largest absolute Gasteiger partial charge is 0.495 e. The van der Waals surface area contributed by atoms with Crippen molar-refractivity contribution >= 4 is 20.0 Å². The summed E-state index contributed by atoms with van der Waals surface area (Å²) in [6, 6.07) is 2.97. The van der Waals surface area contributed by atoms with Gasteiger partial charge in [0.1, 0.15) is 10.6 Å². The third kappa shape index (κ3) is 5.17. The highest BCUT2D eigenvalue weighted by Crippen LogP contribution is 2.27. The number of aryl methyl sites for hydroxylation is 2. The van der Waals surface area contributed by atoms with E-state index < -0.39 is 20.0 Å². The number of rotatable bonds is 8. The lowest BCUT2D eigenvalue weighted by molar-refractivity contribution is 0.360. The van der Waals surface area contributed by atoms with Gasteiger partial charge in [0.25, 0.3) is 0 Å². The van der Waals surface area contributed by atoms with Crippen LogP contribution in [0.3, 0.4) is 0 Å². The molecule has 0 aliphatic rings. The Morgan fingerprint density at radius 3 is 2.12 bits per heavy atom. The molecule has 0 fully saturated rings. The van der Waals surface area contributed by atoms with E-state index in [1.165, 1.54) is 11.4 Å². The van der Waals surface area contributed by atoms with Crippen LogP contribution < -0.4 is 9.46 Å². The molecule has 1 aromatic rings. The standard InChI is InChI=1S/C15H26N2O5S2/c1-11(2)17(23(6,18)19)8-7-16-24(20,21)15-10-13(4)12(3)9-14(15)22-5/h9-11,16H,7-8H2,1-6H3. The first kappa shape index (κ1) is 20.9. The summed E-state index contributed by atoms with van der Waals surface area (Å²) in [5.74, 6) is 0.259. The third-order valence-electron chi connectivity index (χ3n) is 3.70. The van der Waals surface area contributed by atoms with E-state index in [1.54, 1.807) is 26.0 Å². The van der Waals surface area contributed by atoms with E-state index in [9.17, 15) is 16.8 Å². The van der Waals surface area contributed by atoms with Crippen LogP contribution in [0.15, 0.2) is 17.0 Å². The van der Waals surface area contributed by atoms with Crippen LogP contribution in [-0.4, -0.2) is 53.6 Å². The molecule has 0 radical (unpaired) electrons. The fourth-order valence-corrected chi connectivity index (χ4v) is 4.75. The number of nitrogens with one attached hydrogen (secondary N) is 1. The molecule has 7 nitrogen and oxygen atoms in total. The van der Waals surface area contributed by atoms with Crippen molar-refractivity contribution < 1.29 is 21.6 Å². The molecule has 24 heavy (non-hydrogen) atoms. The van der Waals surface area contributed by atoms with Gasteiger partial charge < -0.3 is 4.74 Å². The van der Waals surface area contributed by atoms with Crippen LogP contribution >= 0.6 is 0 Å². The quantitative estimate of drug-likeness (QED) is 0.735. The average Bonchev–Trinajstić information content (AvgIpc) is 2.44. The maximum absolute atomic E-state index is 12.5. The van der Waals surface area contributed by atoms with E-state index >= 15 is 0 Å². The molecule has 0 spiro atoms. The van der Waals surface area contributed by atoms with Crippen molar-refractivity contribution in [2.45, 2.75) is 38.6 Å². The predicted octanol–water partition coefficient (Wildman–Crippen LogP) is 1.26. The minimum absolute atomic E-state index is 0.0241. The number of hydrogen-bond donors (Lipinski definition) is 1. The number of ether oxygens (including phenoxy) is 1. The van der Waals surface area contributed by atoms with Crippen LogP contribution in [-0.2, 0) is 20.0 Å². The van der Waals surface area contributed by atoms with Gasteiger partial charge in [-0.05, 0) is 51.0 Å². The topological polar surface area (TPSA) is 92.8 Å². The maximum Gasteiger partial charge on any atom is 0.244 e. The van der Waals surface area contributed by atoms with Gasteiger partial charge in [-0.25, -0.2) is 21.6 Å². The Balaban J connectivity index is 2.98. The Bertz CT molecular complexity index is 786. The SMILES string of the molecule is COc1cc(C)c(C)cc1S(=O)(=O)NCCN(C(C)C)S(C)(=O)=O. The zero-order chi connectivity index (χ0) is 18.7. The molecule has 0 aromatic heterocycles. The monoisotopic (exact) mass is 378 g/mol. The lowest BCUT2D eigenvalue weighted by Crippen LogP contribution is -2.41. The van der Waals surface area contributed by atoms with Gasteiger partial charge in [-0.1, -0.05) is 0 Å². The molecule has 0 unspecified atom stereocenters. The zero-order valence-corrected chi connectivity index (χ0v) is 16.6. The normalized spacial score (nSPS) is 12.8. The molecule has 1 rings (SSSR count). The fraction of sp³-hybridized carbons (Fsp3) is 0.600. The lowest BCUT2D eigenvalue weighted by Gasteiger charge is -2.24. The van der Waals surface area contributed by atoms with Crippen molar-refractivity contribution in [3.05, 3.63) is 23.3 Å². The van der Waals surface area contributed by atoms with Crippen LogP contribution in [0.25, 0.3) is 0 Å². The summed E-state index contributed by atoms with van der Waals surface area (Å²) in [6.07, 6.45) is 1.11. The lowest BCUT2D eigenvalue weighted by atomic mass is 10.1. The second-order valence-corrected chi connectivity index (χ2v) is 9.62. The summed E-state index contributed by atoms with van der Waals surface area (Å²) in [5, 5.41) is 0. The molecular formula is C15H26N2O5S2. The number of sulfonamides is 2. The minimum Gasteiger partial charge on any atom is -0.495 e. The Morgan fingerprint density at radius 1 is 1.12 bits per heavy atom. The summed E-state index contributed by atoms with van der Waals surface area (Å²) < 4.78 is 57.3. The first-order chi connectivity index (χ1) is 10.9. The van der Waals surface area contributed by atoms with Crippen molar-refractivity contribution in [2.75, 3.05) is 26.5 Å². The average molecular weight is 379 g/mol. The van der Waals surface area contributed by atoms with Gasteiger partial charge in [0, 0.05) is 19.1 Å².